The van der Waals surface area contributed by atoms with Gasteiger partial charge in [-0.25, -0.2) is 4.79 Å². The molecule has 3 aliphatic rings. The minimum absolute atomic E-state index is 0.0150. The molecule has 0 spiro atoms. The number of carbonyl (C=O) groups is 4. The maximum Gasteiger partial charge on any atom is 0.335 e. The van der Waals surface area contributed by atoms with Crippen molar-refractivity contribution in [2.24, 2.45) is 0 Å². The first-order valence-electron chi connectivity index (χ1n) is 13.0. The van der Waals surface area contributed by atoms with E-state index in [4.69, 9.17) is 14.2 Å². The van der Waals surface area contributed by atoms with Crippen molar-refractivity contribution in [3.63, 3.8) is 0 Å². The van der Waals surface area contributed by atoms with E-state index in [1.54, 1.807) is 6.92 Å². The van der Waals surface area contributed by atoms with Gasteiger partial charge in [0.25, 0.3) is 0 Å². The molecule has 2 aromatic carbocycles. The Labute approximate surface area is 237 Å². The van der Waals surface area contributed by atoms with Crippen molar-refractivity contribution in [2.75, 3.05) is 7.11 Å². The summed E-state index contributed by atoms with van der Waals surface area (Å²) in [7, 11) is 1.10. The molecule has 1 saturated heterocycles. The van der Waals surface area contributed by atoms with Crippen LogP contribution in [0.2, 0.25) is 0 Å². The number of ketones is 2. The number of ether oxygens (including phenoxy) is 3. The van der Waals surface area contributed by atoms with E-state index in [1.807, 2.05) is 0 Å². The van der Waals surface area contributed by atoms with E-state index in [-0.39, 0.29) is 40.8 Å². The third-order valence-electron chi connectivity index (χ3n) is 8.18. The van der Waals surface area contributed by atoms with Crippen LogP contribution in [0.5, 0.6) is 11.5 Å². The number of phenols is 1. The molecule has 224 valence electrons. The van der Waals surface area contributed by atoms with Crippen molar-refractivity contribution in [1.29, 1.82) is 0 Å². The molecule has 2 aromatic rings. The minimum atomic E-state index is -2.00. The normalized spacial score (nSPS) is 31.9. The lowest BCUT2D eigenvalue weighted by Gasteiger charge is -2.42. The highest BCUT2D eigenvalue weighted by molar-refractivity contribution is 6.30. The first-order chi connectivity index (χ1) is 19.8. The highest BCUT2D eigenvalue weighted by atomic mass is 16.7. The average molecular weight is 589 g/mol. The molecule has 8 atom stereocenters. The van der Waals surface area contributed by atoms with Crippen LogP contribution in [0.4, 0.5) is 0 Å². The lowest BCUT2D eigenvalue weighted by molar-refractivity contribution is -0.271. The lowest BCUT2D eigenvalue weighted by Crippen LogP contribution is -2.61. The SMILES string of the molecule is CCC1(O)CC(O)c2c(cc3c(c2O)C(=O)c2c(OC4OC(C(=O)O)C(O)C(O)C4O)cccc2C3=O)C1C(=O)OC. The zero-order valence-electron chi connectivity index (χ0n) is 22.3. The molecule has 14 nitrogen and oxygen atoms in total. The topological polar surface area (TPSA) is 238 Å². The Morgan fingerprint density at radius 3 is 2.33 bits per heavy atom. The number of methoxy groups -OCH3 is 1. The molecule has 2 aliphatic carbocycles. The first kappa shape index (κ1) is 29.6. The van der Waals surface area contributed by atoms with Crippen LogP contribution in [-0.2, 0) is 19.1 Å². The number of fused-ring (bicyclic) bond motifs is 3. The van der Waals surface area contributed by atoms with E-state index in [9.17, 15) is 54.9 Å². The smallest absolute Gasteiger partial charge is 0.335 e. The molecule has 0 bridgehead atoms. The second-order valence-electron chi connectivity index (χ2n) is 10.5. The summed E-state index contributed by atoms with van der Waals surface area (Å²) >= 11 is 0. The molecule has 1 heterocycles. The number of aliphatic hydroxyl groups is 5. The Morgan fingerprint density at radius 2 is 1.71 bits per heavy atom. The maximum absolute atomic E-state index is 13.9. The van der Waals surface area contributed by atoms with Gasteiger partial charge < -0.3 is 50.0 Å². The summed E-state index contributed by atoms with van der Waals surface area (Å²) in [5, 5.41) is 73.2. The fraction of sp³-hybridized carbons (Fsp3) is 0.429. The molecule has 1 aliphatic heterocycles. The fourth-order valence-corrected chi connectivity index (χ4v) is 5.96. The van der Waals surface area contributed by atoms with Crippen LogP contribution >= 0.6 is 0 Å². The van der Waals surface area contributed by atoms with Crippen molar-refractivity contribution in [3.8, 4) is 11.5 Å². The number of esters is 1. The first-order valence-corrected chi connectivity index (χ1v) is 13.0. The van der Waals surface area contributed by atoms with Gasteiger partial charge in [-0.15, -0.1) is 0 Å². The highest BCUT2D eigenvalue weighted by Gasteiger charge is 2.52. The molecular weight excluding hydrogens is 560 g/mol. The number of benzene rings is 2. The molecule has 0 amide bonds. The van der Waals surface area contributed by atoms with Gasteiger partial charge in [0.2, 0.25) is 12.1 Å². The standard InChI is InChI=1S/C28H28O14/c1-3-28(39)8-12(29)14-10(17(28)26(38)40-2)7-11-16(19(14)31)20(32)15-9(18(11)30)5-4-6-13(15)41-27-23(35)21(33)22(34)24(42-27)25(36)37/h4-7,12,17,21-24,27,29,31,33-35,39H,3,8H2,1-2H3,(H,36,37). The van der Waals surface area contributed by atoms with Crippen molar-refractivity contribution in [3.05, 3.63) is 57.6 Å². The summed E-state index contributed by atoms with van der Waals surface area (Å²) in [6, 6.07) is 4.95. The third-order valence-corrected chi connectivity index (χ3v) is 8.18. The molecule has 0 radical (unpaired) electrons. The lowest BCUT2D eigenvalue weighted by atomic mass is 9.67. The predicted molar refractivity (Wildman–Crippen MR) is 136 cm³/mol. The van der Waals surface area contributed by atoms with Gasteiger partial charge in [0, 0.05) is 23.1 Å². The van der Waals surface area contributed by atoms with Crippen molar-refractivity contribution >= 4 is 23.5 Å². The molecule has 14 heteroatoms. The van der Waals surface area contributed by atoms with E-state index in [2.05, 4.69) is 0 Å². The Kier molecular flexibility index (Phi) is 7.33. The molecule has 42 heavy (non-hydrogen) atoms. The number of aliphatic hydroxyl groups excluding tert-OH is 4. The Balaban J connectivity index is 1.62. The number of carboxylic acids is 1. The molecule has 8 unspecified atom stereocenters. The Hall–Kier alpha value is -3.92. The van der Waals surface area contributed by atoms with Gasteiger partial charge in [0.05, 0.1) is 29.9 Å². The quantitative estimate of drug-likeness (QED) is 0.182. The predicted octanol–water partition coefficient (Wildman–Crippen LogP) is -0.727. The van der Waals surface area contributed by atoms with E-state index in [0.717, 1.165) is 13.2 Å². The fourth-order valence-electron chi connectivity index (χ4n) is 5.96. The summed E-state index contributed by atoms with van der Waals surface area (Å²) in [5.41, 5.74) is -3.55. The summed E-state index contributed by atoms with van der Waals surface area (Å²) in [6.07, 6.45) is -11.7. The summed E-state index contributed by atoms with van der Waals surface area (Å²) in [5.74, 6) is -6.85. The van der Waals surface area contributed by atoms with Gasteiger partial charge in [0.15, 0.2) is 11.9 Å². The molecular formula is C28H28O14. The molecule has 0 aromatic heterocycles. The van der Waals surface area contributed by atoms with Crippen LogP contribution in [0, 0.1) is 0 Å². The zero-order valence-corrected chi connectivity index (χ0v) is 22.3. The molecule has 7 N–H and O–H groups in total. The van der Waals surface area contributed by atoms with Gasteiger partial charge in [-0.05, 0) is 24.1 Å². The van der Waals surface area contributed by atoms with Crippen LogP contribution in [0.1, 0.15) is 74.8 Å². The number of phenolic OH excluding ortho intramolecular Hbond substituents is 1. The number of hydrogen-bond acceptors (Lipinski definition) is 13. The van der Waals surface area contributed by atoms with E-state index < -0.39 is 88.7 Å². The summed E-state index contributed by atoms with van der Waals surface area (Å²) < 4.78 is 15.6. The van der Waals surface area contributed by atoms with Gasteiger partial charge in [-0.3, -0.25) is 14.4 Å². The van der Waals surface area contributed by atoms with Gasteiger partial charge >= 0.3 is 11.9 Å². The van der Waals surface area contributed by atoms with Crippen molar-refractivity contribution in [1.82, 2.24) is 0 Å². The largest absolute Gasteiger partial charge is 0.507 e. The van der Waals surface area contributed by atoms with Crippen LogP contribution in [0.15, 0.2) is 24.3 Å². The molecule has 0 saturated carbocycles. The number of hydrogen-bond donors (Lipinski definition) is 7. The average Bonchev–Trinajstić information content (AvgIpc) is 2.95. The number of carboxylic acid groups (broad SMARTS) is 1. The van der Waals surface area contributed by atoms with Gasteiger partial charge in [0.1, 0.15) is 35.7 Å². The van der Waals surface area contributed by atoms with Crippen LogP contribution < -0.4 is 4.74 Å². The van der Waals surface area contributed by atoms with Gasteiger partial charge in [-0.1, -0.05) is 19.1 Å². The highest BCUT2D eigenvalue weighted by Crippen LogP contribution is 2.52. The number of aromatic hydroxyl groups is 1. The van der Waals surface area contributed by atoms with E-state index in [1.165, 1.54) is 18.2 Å². The van der Waals surface area contributed by atoms with Crippen LogP contribution in [0.3, 0.4) is 0 Å². The van der Waals surface area contributed by atoms with Crippen molar-refractivity contribution in [2.45, 2.75) is 68.1 Å². The van der Waals surface area contributed by atoms with Crippen LogP contribution in [0.25, 0.3) is 0 Å². The number of aliphatic carboxylic acids is 1. The second kappa shape index (κ2) is 10.4. The third kappa shape index (κ3) is 4.26. The Bertz CT molecular complexity index is 1500. The van der Waals surface area contributed by atoms with Gasteiger partial charge in [-0.2, -0.15) is 0 Å². The Morgan fingerprint density at radius 1 is 1.02 bits per heavy atom. The van der Waals surface area contributed by atoms with Crippen molar-refractivity contribution < 1.29 is 69.1 Å². The van der Waals surface area contributed by atoms with E-state index in [0.29, 0.717) is 0 Å². The monoisotopic (exact) mass is 588 g/mol. The van der Waals surface area contributed by atoms with Crippen LogP contribution in [-0.4, -0.2) is 103 Å². The molecule has 1 fully saturated rings. The summed E-state index contributed by atoms with van der Waals surface area (Å²) in [4.78, 5) is 51.8. The number of rotatable bonds is 5. The molecule has 5 rings (SSSR count). The summed E-state index contributed by atoms with van der Waals surface area (Å²) in [6.45, 7) is 1.59. The maximum atomic E-state index is 13.9. The zero-order chi connectivity index (χ0) is 30.8. The van der Waals surface area contributed by atoms with E-state index >= 15 is 0 Å². The second-order valence-corrected chi connectivity index (χ2v) is 10.5. The minimum Gasteiger partial charge on any atom is -0.507 e. The number of carbonyl (C=O) groups excluding carboxylic acids is 3.